The number of benzene rings is 1. The van der Waals surface area contributed by atoms with Crippen molar-refractivity contribution >= 4 is 35.8 Å². The van der Waals surface area contributed by atoms with E-state index in [1.54, 1.807) is 25.2 Å². The number of hydrogen-bond acceptors (Lipinski definition) is 3. The van der Waals surface area contributed by atoms with E-state index in [4.69, 9.17) is 4.74 Å². The minimum absolute atomic E-state index is 0. The van der Waals surface area contributed by atoms with Crippen LogP contribution in [-0.2, 0) is 11.3 Å². The first kappa shape index (κ1) is 24.4. The number of hydrogen-bond donors (Lipinski definition) is 3. The van der Waals surface area contributed by atoms with Crippen LogP contribution < -0.4 is 20.7 Å². The zero-order valence-corrected chi connectivity index (χ0v) is 17.8. The fourth-order valence-corrected chi connectivity index (χ4v) is 1.94. The third kappa shape index (κ3) is 11.1. The van der Waals surface area contributed by atoms with E-state index < -0.39 is 13.0 Å². The third-order valence-electron chi connectivity index (χ3n) is 2.89. The number of carbonyl (C=O) groups is 1. The van der Waals surface area contributed by atoms with Gasteiger partial charge in [0.1, 0.15) is 12.4 Å². The normalized spacial score (nSPS) is 11.6. The first-order chi connectivity index (χ1) is 11.7. The number of halogens is 3. The van der Waals surface area contributed by atoms with E-state index >= 15 is 0 Å². The molecule has 1 aromatic carbocycles. The number of nitrogens with one attached hydrogen (secondary N) is 3. The van der Waals surface area contributed by atoms with Crippen LogP contribution in [-0.4, -0.2) is 44.0 Å². The fraction of sp³-hybridized carbons (Fsp3) is 0.529. The summed E-state index contributed by atoms with van der Waals surface area (Å²) in [7, 11) is 1.60. The van der Waals surface area contributed by atoms with Crippen LogP contribution in [0.1, 0.15) is 26.3 Å². The summed E-state index contributed by atoms with van der Waals surface area (Å²) >= 11 is 0. The van der Waals surface area contributed by atoms with Gasteiger partial charge < -0.3 is 20.7 Å². The Morgan fingerprint density at radius 3 is 2.54 bits per heavy atom. The predicted molar refractivity (Wildman–Crippen MR) is 109 cm³/mol. The predicted octanol–water partition coefficient (Wildman–Crippen LogP) is 2.53. The highest BCUT2D eigenvalue weighted by atomic mass is 127. The number of ether oxygens (including phenoxy) is 1. The molecule has 6 nitrogen and oxygen atoms in total. The highest BCUT2D eigenvalue weighted by Gasteiger charge is 2.13. The third-order valence-corrected chi connectivity index (χ3v) is 2.89. The molecule has 0 aliphatic heterocycles. The van der Waals surface area contributed by atoms with E-state index in [0.717, 1.165) is 5.56 Å². The molecule has 0 atom stereocenters. The molecule has 0 radical (unpaired) electrons. The second-order valence-electron chi connectivity index (χ2n) is 6.43. The molecule has 0 bridgehead atoms. The lowest BCUT2D eigenvalue weighted by molar-refractivity contribution is -0.121. The maximum absolute atomic E-state index is 12.2. The van der Waals surface area contributed by atoms with Gasteiger partial charge in [0.2, 0.25) is 5.91 Å². The van der Waals surface area contributed by atoms with Crippen LogP contribution in [0.5, 0.6) is 5.75 Å². The lowest BCUT2D eigenvalue weighted by Gasteiger charge is -2.21. The smallest absolute Gasteiger partial charge is 0.272 e. The highest BCUT2D eigenvalue weighted by Crippen LogP contribution is 2.14. The Hall–Kier alpha value is -1.65. The van der Waals surface area contributed by atoms with E-state index in [-0.39, 0.29) is 42.0 Å². The van der Waals surface area contributed by atoms with Crippen molar-refractivity contribution in [3.05, 3.63) is 29.8 Å². The molecule has 148 valence electrons. The van der Waals surface area contributed by atoms with Crippen molar-refractivity contribution in [2.45, 2.75) is 39.3 Å². The standard InChI is InChI=1S/C17H26F2N4O2.HI/c1-17(2,3)23-15(24)10-22-16(20-4)21-9-12-6-5-7-13(8-12)25-11-14(18)19;/h5-8,14H,9-11H2,1-4H3,(H,23,24)(H2,20,21,22);1H. The second kappa shape index (κ2) is 11.9. The zero-order valence-electron chi connectivity index (χ0n) is 15.4. The molecule has 0 fully saturated rings. The van der Waals surface area contributed by atoms with Gasteiger partial charge in [0.25, 0.3) is 6.43 Å². The second-order valence-corrected chi connectivity index (χ2v) is 6.43. The average molecular weight is 484 g/mol. The van der Waals surface area contributed by atoms with E-state index in [2.05, 4.69) is 20.9 Å². The van der Waals surface area contributed by atoms with Gasteiger partial charge in [-0.15, -0.1) is 24.0 Å². The SMILES string of the molecule is CN=C(NCC(=O)NC(C)(C)C)NCc1cccc(OCC(F)F)c1.I. The zero-order chi connectivity index (χ0) is 18.9. The number of nitrogens with zero attached hydrogens (tertiary/aromatic N) is 1. The molecular formula is C17H27F2IN4O2. The number of rotatable bonds is 7. The van der Waals surface area contributed by atoms with Crippen molar-refractivity contribution in [2.24, 2.45) is 4.99 Å². The van der Waals surface area contributed by atoms with Crippen LogP contribution in [0.15, 0.2) is 29.3 Å². The summed E-state index contributed by atoms with van der Waals surface area (Å²) < 4.78 is 29.3. The number of aliphatic imine (C=N–C) groups is 1. The number of alkyl halides is 2. The molecule has 1 amide bonds. The summed E-state index contributed by atoms with van der Waals surface area (Å²) in [6, 6.07) is 6.86. The van der Waals surface area contributed by atoms with Crippen LogP contribution in [0, 0.1) is 0 Å². The lowest BCUT2D eigenvalue weighted by atomic mass is 10.1. The molecule has 0 unspecified atom stereocenters. The Morgan fingerprint density at radius 1 is 1.27 bits per heavy atom. The number of carbonyl (C=O) groups excluding carboxylic acids is 1. The van der Waals surface area contributed by atoms with E-state index in [1.807, 2.05) is 26.8 Å². The van der Waals surface area contributed by atoms with Crippen LogP contribution in [0.2, 0.25) is 0 Å². The monoisotopic (exact) mass is 484 g/mol. The van der Waals surface area contributed by atoms with Gasteiger partial charge in [-0.1, -0.05) is 12.1 Å². The van der Waals surface area contributed by atoms with Gasteiger partial charge in [0.05, 0.1) is 6.54 Å². The molecule has 0 saturated heterocycles. The maximum atomic E-state index is 12.2. The molecule has 0 aliphatic rings. The van der Waals surface area contributed by atoms with Crippen molar-refractivity contribution in [2.75, 3.05) is 20.2 Å². The molecule has 1 aromatic rings. The molecule has 26 heavy (non-hydrogen) atoms. The van der Waals surface area contributed by atoms with Crippen LogP contribution in [0.25, 0.3) is 0 Å². The number of amides is 1. The molecule has 0 saturated carbocycles. The van der Waals surface area contributed by atoms with E-state index in [1.165, 1.54) is 0 Å². The Bertz CT molecular complexity index is 592. The minimum atomic E-state index is -2.51. The summed E-state index contributed by atoms with van der Waals surface area (Å²) in [5, 5.41) is 8.81. The fourth-order valence-electron chi connectivity index (χ4n) is 1.94. The van der Waals surface area contributed by atoms with Crippen LogP contribution >= 0.6 is 24.0 Å². The summed E-state index contributed by atoms with van der Waals surface area (Å²) in [5.74, 6) is 0.702. The summed E-state index contributed by atoms with van der Waals surface area (Å²) in [5.41, 5.74) is 0.544. The Morgan fingerprint density at radius 2 is 1.96 bits per heavy atom. The van der Waals surface area contributed by atoms with Gasteiger partial charge in [-0.2, -0.15) is 0 Å². The van der Waals surface area contributed by atoms with Crippen molar-refractivity contribution in [3.8, 4) is 5.75 Å². The molecule has 3 N–H and O–H groups in total. The summed E-state index contributed by atoms with van der Waals surface area (Å²) in [4.78, 5) is 15.8. The topological polar surface area (TPSA) is 74.8 Å². The minimum Gasteiger partial charge on any atom is -0.488 e. The summed E-state index contributed by atoms with van der Waals surface area (Å²) in [6.45, 7) is 5.58. The first-order valence-electron chi connectivity index (χ1n) is 7.95. The van der Waals surface area contributed by atoms with Gasteiger partial charge >= 0.3 is 0 Å². The van der Waals surface area contributed by atoms with E-state index in [9.17, 15) is 13.6 Å². The maximum Gasteiger partial charge on any atom is 0.272 e. The molecular weight excluding hydrogens is 457 g/mol. The van der Waals surface area contributed by atoms with Gasteiger partial charge in [0, 0.05) is 19.1 Å². The van der Waals surface area contributed by atoms with Crippen molar-refractivity contribution < 1.29 is 18.3 Å². The number of guanidine groups is 1. The highest BCUT2D eigenvalue weighted by molar-refractivity contribution is 14.0. The average Bonchev–Trinajstić information content (AvgIpc) is 2.52. The largest absolute Gasteiger partial charge is 0.488 e. The van der Waals surface area contributed by atoms with Gasteiger partial charge in [-0.25, -0.2) is 8.78 Å². The molecule has 0 aromatic heterocycles. The van der Waals surface area contributed by atoms with Crippen LogP contribution in [0.4, 0.5) is 8.78 Å². The van der Waals surface area contributed by atoms with Crippen LogP contribution in [0.3, 0.4) is 0 Å². The molecule has 1 rings (SSSR count). The van der Waals surface area contributed by atoms with Gasteiger partial charge in [-0.3, -0.25) is 9.79 Å². The Balaban J connectivity index is 0.00000625. The van der Waals surface area contributed by atoms with Crippen molar-refractivity contribution in [1.82, 2.24) is 16.0 Å². The van der Waals surface area contributed by atoms with Gasteiger partial charge in [0.15, 0.2) is 5.96 Å². The molecule has 0 aliphatic carbocycles. The Kier molecular flexibility index (Phi) is 11.1. The van der Waals surface area contributed by atoms with Gasteiger partial charge in [-0.05, 0) is 38.5 Å². The quantitative estimate of drug-likeness (QED) is 0.316. The first-order valence-corrected chi connectivity index (χ1v) is 7.95. The van der Waals surface area contributed by atoms with E-state index in [0.29, 0.717) is 18.3 Å². The molecule has 0 heterocycles. The molecule has 9 heteroatoms. The molecule has 0 spiro atoms. The Labute approximate surface area is 170 Å². The van der Waals surface area contributed by atoms with Crippen molar-refractivity contribution in [1.29, 1.82) is 0 Å². The van der Waals surface area contributed by atoms with Crippen molar-refractivity contribution in [3.63, 3.8) is 0 Å². The summed E-state index contributed by atoms with van der Waals surface area (Å²) in [6.07, 6.45) is -2.51. The lowest BCUT2D eigenvalue weighted by Crippen LogP contribution is -2.48.